The Morgan fingerprint density at radius 3 is 2.34 bits per heavy atom. The lowest BCUT2D eigenvalue weighted by atomic mass is 10.1. The average molecular weight is 396 g/mol. The SMILES string of the molecule is COCC(=O)N1CCC(Oc2ccc(C(=O)NC(C)c3ccccc3)cc2)CC1. The van der Waals surface area contributed by atoms with Crippen molar-refractivity contribution < 1.29 is 19.1 Å². The van der Waals surface area contributed by atoms with Crippen LogP contribution in [0.4, 0.5) is 0 Å². The van der Waals surface area contributed by atoms with Crippen LogP contribution in [0, 0.1) is 0 Å². The van der Waals surface area contributed by atoms with E-state index in [-0.39, 0.29) is 30.6 Å². The maximum atomic E-state index is 12.5. The molecule has 0 radical (unpaired) electrons. The molecule has 29 heavy (non-hydrogen) atoms. The van der Waals surface area contributed by atoms with Gasteiger partial charge in [0, 0.05) is 38.6 Å². The lowest BCUT2D eigenvalue weighted by Crippen LogP contribution is -2.43. The Morgan fingerprint density at radius 2 is 1.72 bits per heavy atom. The van der Waals surface area contributed by atoms with Crippen LogP contribution in [-0.2, 0) is 9.53 Å². The van der Waals surface area contributed by atoms with Gasteiger partial charge in [-0.3, -0.25) is 9.59 Å². The number of piperidine rings is 1. The molecule has 6 nitrogen and oxygen atoms in total. The Kier molecular flexibility index (Phi) is 7.25. The topological polar surface area (TPSA) is 67.9 Å². The summed E-state index contributed by atoms with van der Waals surface area (Å²) in [6, 6.07) is 17.0. The van der Waals surface area contributed by atoms with Gasteiger partial charge < -0.3 is 19.7 Å². The molecule has 154 valence electrons. The number of hydrogen-bond donors (Lipinski definition) is 1. The van der Waals surface area contributed by atoms with Crippen molar-refractivity contribution in [3.05, 3.63) is 65.7 Å². The predicted octanol–water partition coefficient (Wildman–Crippen LogP) is 3.19. The minimum absolute atomic E-state index is 0.0195. The van der Waals surface area contributed by atoms with Crippen LogP contribution in [-0.4, -0.2) is 49.6 Å². The third kappa shape index (κ3) is 5.81. The molecule has 2 aromatic rings. The van der Waals surface area contributed by atoms with E-state index in [2.05, 4.69) is 5.32 Å². The first-order valence-corrected chi connectivity index (χ1v) is 9.96. The van der Waals surface area contributed by atoms with Gasteiger partial charge in [-0.1, -0.05) is 30.3 Å². The highest BCUT2D eigenvalue weighted by atomic mass is 16.5. The molecule has 1 aliphatic rings. The Bertz CT molecular complexity index is 799. The van der Waals surface area contributed by atoms with E-state index in [9.17, 15) is 9.59 Å². The third-order valence-electron chi connectivity index (χ3n) is 5.13. The van der Waals surface area contributed by atoms with Crippen LogP contribution < -0.4 is 10.1 Å². The second-order valence-electron chi connectivity index (χ2n) is 7.26. The number of methoxy groups -OCH3 is 1. The van der Waals surface area contributed by atoms with Gasteiger partial charge in [0.1, 0.15) is 18.5 Å². The maximum absolute atomic E-state index is 12.5. The standard InChI is InChI=1S/C23H28N2O4/c1-17(18-6-4-3-5-7-18)24-23(27)19-8-10-20(11-9-19)29-21-12-14-25(15-13-21)22(26)16-28-2/h3-11,17,21H,12-16H2,1-2H3,(H,24,27). The lowest BCUT2D eigenvalue weighted by molar-refractivity contribution is -0.136. The first-order valence-electron chi connectivity index (χ1n) is 9.96. The molecule has 1 fully saturated rings. The number of benzene rings is 2. The Morgan fingerprint density at radius 1 is 1.07 bits per heavy atom. The molecular weight excluding hydrogens is 368 g/mol. The van der Waals surface area contributed by atoms with E-state index in [1.807, 2.05) is 54.3 Å². The third-order valence-corrected chi connectivity index (χ3v) is 5.13. The van der Waals surface area contributed by atoms with E-state index < -0.39 is 0 Å². The number of rotatable bonds is 7. The summed E-state index contributed by atoms with van der Waals surface area (Å²) >= 11 is 0. The van der Waals surface area contributed by atoms with E-state index in [0.29, 0.717) is 18.7 Å². The fourth-order valence-electron chi connectivity index (χ4n) is 3.42. The van der Waals surface area contributed by atoms with Crippen LogP contribution in [0.5, 0.6) is 5.75 Å². The molecule has 1 saturated heterocycles. The number of amides is 2. The molecule has 0 aliphatic carbocycles. The molecule has 0 aromatic heterocycles. The van der Waals surface area contributed by atoms with Crippen LogP contribution in [0.15, 0.2) is 54.6 Å². The highest BCUT2D eigenvalue weighted by Gasteiger charge is 2.23. The Balaban J connectivity index is 1.49. The highest BCUT2D eigenvalue weighted by molar-refractivity contribution is 5.94. The number of ether oxygens (including phenoxy) is 2. The van der Waals surface area contributed by atoms with Crippen molar-refractivity contribution in [2.24, 2.45) is 0 Å². The largest absolute Gasteiger partial charge is 0.490 e. The van der Waals surface area contributed by atoms with Crippen molar-refractivity contribution in [3.63, 3.8) is 0 Å². The number of carbonyl (C=O) groups is 2. The van der Waals surface area contributed by atoms with Crippen LogP contribution in [0.2, 0.25) is 0 Å². The van der Waals surface area contributed by atoms with Gasteiger partial charge >= 0.3 is 0 Å². The highest BCUT2D eigenvalue weighted by Crippen LogP contribution is 2.20. The smallest absolute Gasteiger partial charge is 0.251 e. The zero-order chi connectivity index (χ0) is 20.6. The van der Waals surface area contributed by atoms with E-state index in [1.165, 1.54) is 7.11 Å². The monoisotopic (exact) mass is 396 g/mol. The van der Waals surface area contributed by atoms with Crippen LogP contribution in [0.1, 0.15) is 41.7 Å². The number of hydrogen-bond acceptors (Lipinski definition) is 4. The van der Waals surface area contributed by atoms with Crippen molar-refractivity contribution in [2.45, 2.75) is 31.9 Å². The van der Waals surface area contributed by atoms with E-state index >= 15 is 0 Å². The predicted molar refractivity (Wildman–Crippen MR) is 111 cm³/mol. The summed E-state index contributed by atoms with van der Waals surface area (Å²) in [5.74, 6) is 0.642. The molecule has 3 rings (SSSR count). The molecule has 2 aromatic carbocycles. The zero-order valence-corrected chi connectivity index (χ0v) is 17.0. The summed E-state index contributed by atoms with van der Waals surface area (Å²) in [5.41, 5.74) is 1.66. The van der Waals surface area contributed by atoms with E-state index in [0.717, 1.165) is 24.2 Å². The molecular formula is C23H28N2O4. The first kappa shape index (κ1) is 20.9. The minimum Gasteiger partial charge on any atom is -0.490 e. The fourth-order valence-corrected chi connectivity index (χ4v) is 3.42. The molecule has 0 saturated carbocycles. The van der Waals surface area contributed by atoms with Gasteiger partial charge in [0.2, 0.25) is 5.91 Å². The summed E-state index contributed by atoms with van der Waals surface area (Å²) in [6.45, 7) is 3.43. The fraction of sp³-hybridized carbons (Fsp3) is 0.391. The Hall–Kier alpha value is -2.86. The Labute approximate surface area is 171 Å². The second-order valence-corrected chi connectivity index (χ2v) is 7.26. The van der Waals surface area contributed by atoms with Crippen molar-refractivity contribution in [1.29, 1.82) is 0 Å². The molecule has 0 spiro atoms. The van der Waals surface area contributed by atoms with Crippen LogP contribution in [0.25, 0.3) is 0 Å². The number of nitrogens with one attached hydrogen (secondary N) is 1. The van der Waals surface area contributed by atoms with Gasteiger partial charge in [-0.25, -0.2) is 0 Å². The van der Waals surface area contributed by atoms with Crippen molar-refractivity contribution in [1.82, 2.24) is 10.2 Å². The van der Waals surface area contributed by atoms with Crippen molar-refractivity contribution in [2.75, 3.05) is 26.8 Å². The average Bonchev–Trinajstić information content (AvgIpc) is 2.75. The van der Waals surface area contributed by atoms with Gasteiger partial charge in [0.15, 0.2) is 0 Å². The number of likely N-dealkylation sites (tertiary alicyclic amines) is 1. The van der Waals surface area contributed by atoms with Gasteiger partial charge in [-0.2, -0.15) is 0 Å². The zero-order valence-electron chi connectivity index (χ0n) is 17.0. The minimum atomic E-state index is -0.113. The van der Waals surface area contributed by atoms with Gasteiger partial charge in [-0.15, -0.1) is 0 Å². The van der Waals surface area contributed by atoms with Gasteiger partial charge in [0.25, 0.3) is 5.91 Å². The van der Waals surface area contributed by atoms with Crippen molar-refractivity contribution >= 4 is 11.8 Å². The molecule has 1 N–H and O–H groups in total. The summed E-state index contributed by atoms with van der Waals surface area (Å²) in [6.07, 6.45) is 1.64. The van der Waals surface area contributed by atoms with Crippen LogP contribution >= 0.6 is 0 Å². The molecule has 1 unspecified atom stereocenters. The summed E-state index contributed by atoms with van der Waals surface area (Å²) < 4.78 is 10.9. The summed E-state index contributed by atoms with van der Waals surface area (Å²) in [7, 11) is 1.53. The van der Waals surface area contributed by atoms with Gasteiger partial charge in [-0.05, 0) is 36.8 Å². The first-order chi connectivity index (χ1) is 14.1. The normalized spacial score (nSPS) is 15.6. The number of carbonyl (C=O) groups excluding carboxylic acids is 2. The van der Waals surface area contributed by atoms with Crippen LogP contribution in [0.3, 0.4) is 0 Å². The van der Waals surface area contributed by atoms with Crippen molar-refractivity contribution in [3.8, 4) is 5.75 Å². The molecule has 0 bridgehead atoms. The lowest BCUT2D eigenvalue weighted by Gasteiger charge is -2.32. The number of nitrogens with zero attached hydrogens (tertiary/aromatic N) is 1. The molecule has 2 amide bonds. The molecule has 6 heteroatoms. The second kappa shape index (κ2) is 10.1. The maximum Gasteiger partial charge on any atom is 0.251 e. The summed E-state index contributed by atoms with van der Waals surface area (Å²) in [5, 5.41) is 3.01. The van der Waals surface area contributed by atoms with Gasteiger partial charge in [0.05, 0.1) is 6.04 Å². The quantitative estimate of drug-likeness (QED) is 0.780. The van der Waals surface area contributed by atoms with E-state index in [1.54, 1.807) is 12.1 Å². The molecule has 1 aliphatic heterocycles. The molecule has 1 heterocycles. The molecule has 1 atom stereocenters. The van der Waals surface area contributed by atoms with E-state index in [4.69, 9.17) is 9.47 Å². The summed E-state index contributed by atoms with van der Waals surface area (Å²) in [4.78, 5) is 26.1.